The van der Waals surface area contributed by atoms with E-state index in [1.54, 1.807) is 25.1 Å². The molecule has 0 unspecified atom stereocenters. The van der Waals surface area contributed by atoms with Gasteiger partial charge in [0.25, 0.3) is 0 Å². The van der Waals surface area contributed by atoms with Gasteiger partial charge in [-0.3, -0.25) is 0 Å². The van der Waals surface area contributed by atoms with Crippen molar-refractivity contribution in [1.82, 2.24) is 0 Å². The fourth-order valence-electron chi connectivity index (χ4n) is 4.59. The number of rotatable bonds is 9. The standard InChI is InChI=1S/C25H34NO4P/c1-3-29-22-15-11-14-21(25(28)30-4-2)24(22)26-23(27)19-31(16-9-6-10-17-31)18-20-12-7-5-8-13-20/h5,7-8,11-15,31H,3-4,6,9-10,16-19H2,1-2H3,(H,26,27). The first-order valence-electron chi connectivity index (χ1n) is 11.3. The summed E-state index contributed by atoms with van der Waals surface area (Å²) in [7, 11) is -1.81. The minimum atomic E-state index is -1.81. The van der Waals surface area contributed by atoms with E-state index in [1.165, 1.54) is 37.1 Å². The molecule has 1 N–H and O–H groups in total. The molecule has 1 aliphatic rings. The summed E-state index contributed by atoms with van der Waals surface area (Å²) in [6, 6.07) is 15.7. The van der Waals surface area contributed by atoms with Gasteiger partial charge in [0.05, 0.1) is 0 Å². The normalized spacial score (nSPS) is 16.2. The molecule has 0 bridgehead atoms. The number of esters is 1. The Kier molecular flexibility index (Phi) is 8.48. The molecule has 1 amide bonds. The van der Waals surface area contributed by atoms with Gasteiger partial charge in [0.1, 0.15) is 0 Å². The van der Waals surface area contributed by atoms with Crippen LogP contribution in [0.5, 0.6) is 5.75 Å². The van der Waals surface area contributed by atoms with Crippen molar-refractivity contribution < 1.29 is 19.1 Å². The predicted molar refractivity (Wildman–Crippen MR) is 129 cm³/mol. The predicted octanol–water partition coefficient (Wildman–Crippen LogP) is 5.33. The van der Waals surface area contributed by atoms with Gasteiger partial charge >= 0.3 is 186 Å². The van der Waals surface area contributed by atoms with Crippen LogP contribution in [-0.4, -0.2) is 43.6 Å². The van der Waals surface area contributed by atoms with Crippen LogP contribution in [-0.2, 0) is 15.7 Å². The minimum absolute atomic E-state index is 0.0257. The Morgan fingerprint density at radius 1 is 0.935 bits per heavy atom. The first-order valence-corrected chi connectivity index (χ1v) is 14.2. The van der Waals surface area contributed by atoms with E-state index in [4.69, 9.17) is 9.47 Å². The van der Waals surface area contributed by atoms with E-state index in [0.29, 0.717) is 29.8 Å². The zero-order valence-corrected chi connectivity index (χ0v) is 19.6. The Balaban J connectivity index is 1.83. The Bertz CT molecular complexity index is 878. The second-order valence-corrected chi connectivity index (χ2v) is 13.0. The SMILES string of the molecule is CCOC(=O)c1cccc(OCC)c1NC(=O)C[PH]1(Cc2ccccc2)CCCCC1. The Morgan fingerprint density at radius 2 is 1.68 bits per heavy atom. The number of amides is 1. The van der Waals surface area contributed by atoms with Gasteiger partial charge in [-0.05, 0) is 0 Å². The van der Waals surface area contributed by atoms with Gasteiger partial charge < -0.3 is 0 Å². The number of hydrogen-bond acceptors (Lipinski definition) is 4. The topological polar surface area (TPSA) is 64.6 Å². The van der Waals surface area contributed by atoms with Crippen molar-refractivity contribution >= 4 is 24.8 Å². The molecule has 0 spiro atoms. The maximum absolute atomic E-state index is 13.3. The molecule has 31 heavy (non-hydrogen) atoms. The number of benzene rings is 2. The van der Waals surface area contributed by atoms with Crippen molar-refractivity contribution in [2.24, 2.45) is 0 Å². The molecule has 168 valence electrons. The number of para-hydroxylation sites is 1. The molecular weight excluding hydrogens is 409 g/mol. The molecule has 2 aromatic carbocycles. The molecule has 0 radical (unpaired) electrons. The van der Waals surface area contributed by atoms with E-state index in [9.17, 15) is 9.59 Å². The Morgan fingerprint density at radius 3 is 2.35 bits per heavy atom. The van der Waals surface area contributed by atoms with Crippen molar-refractivity contribution in [2.75, 3.05) is 37.0 Å². The first-order chi connectivity index (χ1) is 15.1. The molecule has 1 aliphatic heterocycles. The van der Waals surface area contributed by atoms with Crippen LogP contribution >= 0.6 is 7.26 Å². The summed E-state index contributed by atoms with van der Waals surface area (Å²) >= 11 is 0. The third-order valence-corrected chi connectivity index (χ3v) is 11.0. The maximum atomic E-state index is 13.3. The van der Waals surface area contributed by atoms with Crippen molar-refractivity contribution in [3.63, 3.8) is 0 Å². The van der Waals surface area contributed by atoms with Crippen molar-refractivity contribution in [3.05, 3.63) is 59.7 Å². The zero-order valence-electron chi connectivity index (χ0n) is 18.6. The fourth-order valence-corrected chi connectivity index (χ4v) is 9.54. The monoisotopic (exact) mass is 443 g/mol. The molecule has 3 rings (SSSR count). The van der Waals surface area contributed by atoms with Gasteiger partial charge in [-0.1, -0.05) is 0 Å². The van der Waals surface area contributed by atoms with Gasteiger partial charge in [-0.2, -0.15) is 0 Å². The van der Waals surface area contributed by atoms with E-state index in [2.05, 4.69) is 29.6 Å². The van der Waals surface area contributed by atoms with E-state index < -0.39 is 13.2 Å². The Hall–Kier alpha value is -2.39. The summed E-state index contributed by atoms with van der Waals surface area (Å²) in [4.78, 5) is 25.8. The number of anilines is 1. The summed E-state index contributed by atoms with van der Waals surface area (Å²) in [5, 5.41) is 3.03. The summed E-state index contributed by atoms with van der Waals surface area (Å²) in [5.74, 6) is 0.0271. The summed E-state index contributed by atoms with van der Waals surface area (Å²) in [6.07, 6.45) is 7.60. The van der Waals surface area contributed by atoms with Crippen LogP contribution in [0.3, 0.4) is 0 Å². The molecule has 6 heteroatoms. The second kappa shape index (κ2) is 11.3. The van der Waals surface area contributed by atoms with Crippen molar-refractivity contribution in [1.29, 1.82) is 0 Å². The summed E-state index contributed by atoms with van der Waals surface area (Å²) in [5.41, 5.74) is 2.09. The van der Waals surface area contributed by atoms with Crippen LogP contribution in [0.1, 0.15) is 49.0 Å². The number of hydrogen-bond donors (Lipinski definition) is 1. The van der Waals surface area contributed by atoms with Gasteiger partial charge in [0.15, 0.2) is 0 Å². The molecule has 0 saturated carbocycles. The van der Waals surface area contributed by atoms with E-state index in [-0.39, 0.29) is 12.5 Å². The first kappa shape index (κ1) is 23.3. The fraction of sp³-hybridized carbons (Fsp3) is 0.440. The average Bonchev–Trinajstić information content (AvgIpc) is 2.76. The quantitative estimate of drug-likeness (QED) is 0.420. The number of nitrogens with one attached hydrogen (secondary N) is 1. The third-order valence-electron chi connectivity index (χ3n) is 5.96. The molecular formula is C25H34NO4P. The molecule has 0 atom stereocenters. The molecule has 5 nitrogen and oxygen atoms in total. The van der Waals surface area contributed by atoms with Crippen LogP contribution in [0.25, 0.3) is 0 Å². The number of carbonyl (C=O) groups is 2. The molecule has 1 saturated heterocycles. The van der Waals surface area contributed by atoms with Gasteiger partial charge in [-0.25, -0.2) is 0 Å². The van der Waals surface area contributed by atoms with Crippen LogP contribution in [0.4, 0.5) is 5.69 Å². The van der Waals surface area contributed by atoms with Crippen LogP contribution < -0.4 is 10.1 Å². The number of carbonyl (C=O) groups excluding carboxylic acids is 2. The van der Waals surface area contributed by atoms with Crippen molar-refractivity contribution in [2.45, 2.75) is 39.3 Å². The average molecular weight is 444 g/mol. The van der Waals surface area contributed by atoms with E-state index in [1.807, 2.05) is 13.0 Å². The van der Waals surface area contributed by atoms with E-state index in [0.717, 1.165) is 6.16 Å². The molecule has 2 aromatic rings. The molecule has 1 fully saturated rings. The number of ether oxygens (including phenoxy) is 2. The van der Waals surface area contributed by atoms with Gasteiger partial charge in [-0.15, -0.1) is 0 Å². The van der Waals surface area contributed by atoms with Gasteiger partial charge in [0, 0.05) is 0 Å². The third kappa shape index (κ3) is 6.30. The molecule has 0 aromatic heterocycles. The van der Waals surface area contributed by atoms with Crippen LogP contribution in [0.2, 0.25) is 0 Å². The van der Waals surface area contributed by atoms with E-state index >= 15 is 0 Å². The van der Waals surface area contributed by atoms with Gasteiger partial charge in [0.2, 0.25) is 0 Å². The van der Waals surface area contributed by atoms with Crippen LogP contribution in [0, 0.1) is 0 Å². The van der Waals surface area contributed by atoms with Crippen molar-refractivity contribution in [3.8, 4) is 5.75 Å². The second-order valence-electron chi connectivity index (χ2n) is 8.28. The zero-order chi connectivity index (χ0) is 22.1. The molecule has 1 heterocycles. The molecule has 0 aliphatic carbocycles. The Labute approximate surface area is 185 Å². The van der Waals surface area contributed by atoms with Crippen LogP contribution in [0.15, 0.2) is 48.5 Å². The summed E-state index contributed by atoms with van der Waals surface area (Å²) < 4.78 is 10.9. The summed E-state index contributed by atoms with van der Waals surface area (Å²) in [6.45, 7) is 4.37.